The predicted octanol–water partition coefficient (Wildman–Crippen LogP) is 3.01. The first kappa shape index (κ1) is 16.2. The summed E-state index contributed by atoms with van der Waals surface area (Å²) in [5.41, 5.74) is 1.02. The minimum absolute atomic E-state index is 0.129. The molecule has 1 N–H and O–H groups in total. The Bertz CT molecular complexity index is 331. The first-order chi connectivity index (χ1) is 9.20. The van der Waals surface area contributed by atoms with Gasteiger partial charge in [0.05, 0.1) is 12.7 Å². The Morgan fingerprint density at radius 2 is 2.16 bits per heavy atom. The topological polar surface area (TPSA) is 38.7 Å². The van der Waals surface area contributed by atoms with Crippen LogP contribution in [0, 0.1) is 0 Å². The van der Waals surface area contributed by atoms with E-state index in [1.54, 1.807) is 7.11 Å². The van der Waals surface area contributed by atoms with Crippen LogP contribution >= 0.6 is 0 Å². The molecule has 0 radical (unpaired) electrons. The van der Waals surface area contributed by atoms with Crippen molar-refractivity contribution in [1.82, 2.24) is 0 Å². The number of ether oxygens (including phenoxy) is 2. The standard InChI is InChI=1S/C16H26O3/c1-4-5-6-7-8-9-10-13(2)16-15(17)14(18-3)11-12-19-16/h6-10,14-17H,4-5,11-12H2,1-3H3/b7-6+,9-8+,13-10+. The van der Waals surface area contributed by atoms with E-state index >= 15 is 0 Å². The van der Waals surface area contributed by atoms with Gasteiger partial charge in [-0.15, -0.1) is 0 Å². The van der Waals surface area contributed by atoms with Crippen LogP contribution in [0.3, 0.4) is 0 Å². The maximum atomic E-state index is 10.1. The van der Waals surface area contributed by atoms with Gasteiger partial charge in [-0.3, -0.25) is 0 Å². The van der Waals surface area contributed by atoms with Crippen LogP contribution in [0.4, 0.5) is 0 Å². The molecule has 0 aromatic rings. The minimum atomic E-state index is -0.584. The van der Waals surface area contributed by atoms with Crippen LogP contribution in [0.2, 0.25) is 0 Å². The summed E-state index contributed by atoms with van der Waals surface area (Å²) in [5.74, 6) is 0. The number of hydrogen-bond acceptors (Lipinski definition) is 3. The van der Waals surface area contributed by atoms with Crippen LogP contribution in [0.5, 0.6) is 0 Å². The highest BCUT2D eigenvalue weighted by atomic mass is 16.5. The molecular weight excluding hydrogens is 240 g/mol. The van der Waals surface area contributed by atoms with Crippen molar-refractivity contribution < 1.29 is 14.6 Å². The van der Waals surface area contributed by atoms with Gasteiger partial charge >= 0.3 is 0 Å². The highest BCUT2D eigenvalue weighted by Gasteiger charge is 2.33. The van der Waals surface area contributed by atoms with Crippen LogP contribution in [0.25, 0.3) is 0 Å². The maximum absolute atomic E-state index is 10.1. The molecule has 0 saturated carbocycles. The molecule has 0 amide bonds. The molecule has 3 heteroatoms. The molecule has 0 aromatic carbocycles. The molecule has 0 spiro atoms. The Morgan fingerprint density at radius 3 is 2.84 bits per heavy atom. The molecule has 3 nitrogen and oxygen atoms in total. The van der Waals surface area contributed by atoms with Gasteiger partial charge in [0.1, 0.15) is 12.2 Å². The van der Waals surface area contributed by atoms with Crippen LogP contribution in [-0.4, -0.2) is 37.1 Å². The normalized spacial score (nSPS) is 29.5. The molecule has 108 valence electrons. The lowest BCUT2D eigenvalue weighted by Crippen LogP contribution is -2.45. The van der Waals surface area contributed by atoms with Crippen molar-refractivity contribution in [1.29, 1.82) is 0 Å². The maximum Gasteiger partial charge on any atom is 0.110 e. The van der Waals surface area contributed by atoms with Crippen molar-refractivity contribution in [3.8, 4) is 0 Å². The fourth-order valence-corrected chi connectivity index (χ4v) is 2.14. The number of aliphatic hydroxyl groups excluding tert-OH is 1. The molecule has 1 aliphatic heterocycles. The van der Waals surface area contributed by atoms with Crippen molar-refractivity contribution >= 4 is 0 Å². The number of unbranched alkanes of at least 4 members (excludes halogenated alkanes) is 1. The number of methoxy groups -OCH3 is 1. The summed E-state index contributed by atoms with van der Waals surface area (Å²) >= 11 is 0. The molecule has 3 unspecified atom stereocenters. The Hall–Kier alpha value is -0.900. The van der Waals surface area contributed by atoms with Crippen molar-refractivity contribution in [2.45, 2.75) is 51.4 Å². The van der Waals surface area contributed by atoms with E-state index in [4.69, 9.17) is 9.47 Å². The fraction of sp³-hybridized carbons (Fsp3) is 0.625. The van der Waals surface area contributed by atoms with Gasteiger partial charge < -0.3 is 14.6 Å². The summed E-state index contributed by atoms with van der Waals surface area (Å²) in [7, 11) is 1.63. The average molecular weight is 266 g/mol. The van der Waals surface area contributed by atoms with Gasteiger partial charge in [0.25, 0.3) is 0 Å². The third-order valence-corrected chi connectivity index (χ3v) is 3.32. The van der Waals surface area contributed by atoms with Gasteiger partial charge in [0.15, 0.2) is 0 Å². The second-order valence-corrected chi connectivity index (χ2v) is 4.86. The highest BCUT2D eigenvalue weighted by Crippen LogP contribution is 2.22. The predicted molar refractivity (Wildman–Crippen MR) is 78.1 cm³/mol. The number of allylic oxidation sites excluding steroid dienone is 5. The highest BCUT2D eigenvalue weighted by molar-refractivity contribution is 5.19. The van der Waals surface area contributed by atoms with E-state index in [1.807, 2.05) is 31.2 Å². The second kappa shape index (κ2) is 9.08. The molecule has 0 aliphatic carbocycles. The molecule has 1 fully saturated rings. The summed E-state index contributed by atoms with van der Waals surface area (Å²) in [5, 5.41) is 10.1. The summed E-state index contributed by atoms with van der Waals surface area (Å²) < 4.78 is 10.9. The molecule has 0 bridgehead atoms. The van der Waals surface area contributed by atoms with E-state index < -0.39 is 6.10 Å². The zero-order valence-corrected chi connectivity index (χ0v) is 12.2. The molecule has 1 rings (SSSR count). The van der Waals surface area contributed by atoms with Crippen LogP contribution in [0.15, 0.2) is 36.0 Å². The molecule has 1 aliphatic rings. The Kier molecular flexibility index (Phi) is 7.72. The summed E-state index contributed by atoms with van der Waals surface area (Å²) in [4.78, 5) is 0. The van der Waals surface area contributed by atoms with Crippen LogP contribution < -0.4 is 0 Å². The molecule has 0 aromatic heterocycles. The minimum Gasteiger partial charge on any atom is -0.387 e. The van der Waals surface area contributed by atoms with Crippen molar-refractivity contribution in [3.05, 3.63) is 36.0 Å². The quantitative estimate of drug-likeness (QED) is 0.751. The zero-order valence-electron chi connectivity index (χ0n) is 12.2. The van der Waals surface area contributed by atoms with E-state index in [9.17, 15) is 5.11 Å². The van der Waals surface area contributed by atoms with E-state index in [0.717, 1.165) is 18.4 Å². The van der Waals surface area contributed by atoms with Gasteiger partial charge in [-0.1, -0.05) is 43.7 Å². The zero-order chi connectivity index (χ0) is 14.1. The van der Waals surface area contributed by atoms with Crippen LogP contribution in [0.1, 0.15) is 33.1 Å². The second-order valence-electron chi connectivity index (χ2n) is 4.86. The van der Waals surface area contributed by atoms with Crippen molar-refractivity contribution in [2.75, 3.05) is 13.7 Å². The summed E-state index contributed by atoms with van der Waals surface area (Å²) in [6.07, 6.45) is 12.2. The first-order valence-corrected chi connectivity index (χ1v) is 7.03. The Balaban J connectivity index is 2.53. The molecule has 3 atom stereocenters. The molecular formula is C16H26O3. The van der Waals surface area contributed by atoms with Crippen molar-refractivity contribution in [2.24, 2.45) is 0 Å². The Morgan fingerprint density at radius 1 is 1.37 bits per heavy atom. The SMILES string of the molecule is CCC/C=C/C=C/C=C(\C)C1OCCC(OC)C1O. The monoisotopic (exact) mass is 266 g/mol. The van der Waals surface area contributed by atoms with Gasteiger partial charge in [-0.05, 0) is 25.3 Å². The van der Waals surface area contributed by atoms with E-state index in [-0.39, 0.29) is 12.2 Å². The van der Waals surface area contributed by atoms with Crippen molar-refractivity contribution in [3.63, 3.8) is 0 Å². The van der Waals surface area contributed by atoms with Gasteiger partial charge in [0.2, 0.25) is 0 Å². The number of hydrogen-bond donors (Lipinski definition) is 1. The average Bonchev–Trinajstić information content (AvgIpc) is 2.42. The summed E-state index contributed by atoms with van der Waals surface area (Å²) in [6.45, 7) is 4.77. The van der Waals surface area contributed by atoms with Gasteiger partial charge in [-0.2, -0.15) is 0 Å². The lowest BCUT2D eigenvalue weighted by Gasteiger charge is -2.34. The van der Waals surface area contributed by atoms with E-state index in [0.29, 0.717) is 6.61 Å². The molecule has 19 heavy (non-hydrogen) atoms. The third-order valence-electron chi connectivity index (χ3n) is 3.32. The third kappa shape index (κ3) is 5.31. The number of rotatable bonds is 6. The molecule has 1 heterocycles. The fourth-order valence-electron chi connectivity index (χ4n) is 2.14. The van der Waals surface area contributed by atoms with E-state index in [1.165, 1.54) is 6.42 Å². The number of aliphatic hydroxyl groups is 1. The first-order valence-electron chi connectivity index (χ1n) is 7.03. The van der Waals surface area contributed by atoms with Gasteiger partial charge in [-0.25, -0.2) is 0 Å². The molecule has 1 saturated heterocycles. The van der Waals surface area contributed by atoms with E-state index in [2.05, 4.69) is 13.0 Å². The van der Waals surface area contributed by atoms with Gasteiger partial charge in [0, 0.05) is 7.11 Å². The summed E-state index contributed by atoms with van der Waals surface area (Å²) in [6, 6.07) is 0. The smallest absolute Gasteiger partial charge is 0.110 e. The largest absolute Gasteiger partial charge is 0.387 e. The lowest BCUT2D eigenvalue weighted by atomic mass is 9.96. The van der Waals surface area contributed by atoms with Crippen LogP contribution in [-0.2, 0) is 9.47 Å². The Labute approximate surface area is 116 Å². The lowest BCUT2D eigenvalue weighted by molar-refractivity contribution is -0.132.